The van der Waals surface area contributed by atoms with E-state index in [4.69, 9.17) is 5.21 Å². The first-order valence-corrected chi connectivity index (χ1v) is 9.52. The molecule has 0 aliphatic carbocycles. The molecule has 0 saturated carbocycles. The van der Waals surface area contributed by atoms with Crippen LogP contribution in [0, 0.1) is 0 Å². The van der Waals surface area contributed by atoms with Crippen LogP contribution in [0.1, 0.15) is 29.3 Å². The molecule has 0 aliphatic heterocycles. The van der Waals surface area contributed by atoms with Gasteiger partial charge in [0.05, 0.1) is 6.54 Å². The zero-order valence-electron chi connectivity index (χ0n) is 16.2. The van der Waals surface area contributed by atoms with Crippen LogP contribution in [0.3, 0.4) is 0 Å². The van der Waals surface area contributed by atoms with Crippen molar-refractivity contribution in [1.29, 1.82) is 0 Å². The number of carbonyl (C=O) groups excluding carboxylic acids is 2. The van der Waals surface area contributed by atoms with E-state index < -0.39 is 17.9 Å². The Morgan fingerprint density at radius 1 is 1.07 bits per heavy atom. The molecule has 0 radical (unpaired) electrons. The Labute approximate surface area is 169 Å². The van der Waals surface area contributed by atoms with Crippen molar-refractivity contribution in [2.45, 2.75) is 32.4 Å². The van der Waals surface area contributed by atoms with E-state index >= 15 is 0 Å². The Balaban J connectivity index is 1.69. The van der Waals surface area contributed by atoms with Crippen LogP contribution < -0.4 is 10.8 Å². The van der Waals surface area contributed by atoms with Crippen molar-refractivity contribution in [3.63, 3.8) is 0 Å². The van der Waals surface area contributed by atoms with Crippen molar-refractivity contribution in [2.75, 3.05) is 0 Å². The van der Waals surface area contributed by atoms with Crippen molar-refractivity contribution in [1.82, 2.24) is 20.6 Å². The highest BCUT2D eigenvalue weighted by atomic mass is 16.5. The summed E-state index contributed by atoms with van der Waals surface area (Å²) in [7, 11) is 0. The zero-order chi connectivity index (χ0) is 20.6. The molecular weight excluding hydrogens is 368 g/mol. The Kier molecular flexibility index (Phi) is 6.76. The number of nitrogens with one attached hydrogen (secondary N) is 2. The second-order valence-electron chi connectivity index (χ2n) is 6.75. The lowest BCUT2D eigenvalue weighted by Gasteiger charge is -2.17. The van der Waals surface area contributed by atoms with Crippen LogP contribution in [0.25, 0.3) is 11.1 Å². The van der Waals surface area contributed by atoms with E-state index in [0.29, 0.717) is 5.56 Å². The van der Waals surface area contributed by atoms with Gasteiger partial charge in [0.2, 0.25) is 0 Å². The summed E-state index contributed by atoms with van der Waals surface area (Å²) < 4.78 is 1.51. The molecule has 150 valence electrons. The predicted molar refractivity (Wildman–Crippen MR) is 109 cm³/mol. The van der Waals surface area contributed by atoms with E-state index in [1.165, 1.54) is 10.2 Å². The molecule has 0 unspecified atom stereocenters. The Bertz CT molecular complexity index is 935. The van der Waals surface area contributed by atoms with Gasteiger partial charge in [-0.25, -0.2) is 5.48 Å². The van der Waals surface area contributed by atoms with E-state index in [0.717, 1.165) is 24.0 Å². The van der Waals surface area contributed by atoms with E-state index in [1.54, 1.807) is 36.1 Å². The summed E-state index contributed by atoms with van der Waals surface area (Å²) in [6, 6.07) is 16.3. The van der Waals surface area contributed by atoms with Gasteiger partial charge in [-0.15, -0.1) is 0 Å². The number of hydroxylamine groups is 1. The van der Waals surface area contributed by atoms with Crippen molar-refractivity contribution < 1.29 is 14.8 Å². The monoisotopic (exact) mass is 392 g/mol. The number of carbonyl (C=O) groups is 2. The Morgan fingerprint density at radius 3 is 2.28 bits per heavy atom. The Morgan fingerprint density at radius 2 is 1.72 bits per heavy atom. The highest BCUT2D eigenvalue weighted by molar-refractivity contribution is 5.97. The lowest BCUT2D eigenvalue weighted by atomic mass is 10.0. The number of hydrogen-bond acceptors (Lipinski definition) is 4. The molecule has 3 N–H and O–H groups in total. The second-order valence-corrected chi connectivity index (χ2v) is 6.75. The van der Waals surface area contributed by atoms with Gasteiger partial charge >= 0.3 is 0 Å². The van der Waals surface area contributed by atoms with E-state index in [2.05, 4.69) is 41.6 Å². The van der Waals surface area contributed by atoms with Gasteiger partial charge in [0.25, 0.3) is 11.8 Å². The van der Waals surface area contributed by atoms with Crippen LogP contribution in [0.15, 0.2) is 67.0 Å². The SMILES string of the molecule is CCCc1ccc(-c2ccc(C(=O)N[C@@H](Cn3cccn3)C(=O)NO)cc2)cc1. The molecule has 0 aliphatic rings. The van der Waals surface area contributed by atoms with Gasteiger partial charge in [-0.1, -0.05) is 49.7 Å². The van der Waals surface area contributed by atoms with Gasteiger partial charge in [-0.3, -0.25) is 19.5 Å². The second kappa shape index (κ2) is 9.66. The van der Waals surface area contributed by atoms with Gasteiger partial charge in [0.1, 0.15) is 6.04 Å². The van der Waals surface area contributed by atoms with E-state index in [9.17, 15) is 9.59 Å². The summed E-state index contributed by atoms with van der Waals surface area (Å²) in [4.78, 5) is 24.5. The number of aryl methyl sites for hydroxylation is 1. The fourth-order valence-corrected chi connectivity index (χ4v) is 3.08. The van der Waals surface area contributed by atoms with Crippen molar-refractivity contribution in [3.05, 3.63) is 78.1 Å². The minimum atomic E-state index is -0.960. The first kappa shape index (κ1) is 20.3. The van der Waals surface area contributed by atoms with Gasteiger partial charge in [0.15, 0.2) is 0 Å². The van der Waals surface area contributed by atoms with Crippen molar-refractivity contribution >= 4 is 11.8 Å². The van der Waals surface area contributed by atoms with Crippen LogP contribution in [-0.4, -0.2) is 32.8 Å². The maximum absolute atomic E-state index is 12.6. The predicted octanol–water partition coefficient (Wildman–Crippen LogP) is 2.81. The minimum absolute atomic E-state index is 0.104. The Hall–Kier alpha value is -3.45. The topological polar surface area (TPSA) is 96.2 Å². The molecule has 0 spiro atoms. The average molecular weight is 392 g/mol. The molecule has 1 atom stereocenters. The van der Waals surface area contributed by atoms with Gasteiger partial charge in [-0.05, 0) is 41.3 Å². The number of amides is 2. The normalized spacial score (nSPS) is 11.7. The molecule has 3 rings (SSSR count). The molecule has 29 heavy (non-hydrogen) atoms. The minimum Gasteiger partial charge on any atom is -0.338 e. The summed E-state index contributed by atoms with van der Waals surface area (Å²) in [6.07, 6.45) is 5.41. The largest absolute Gasteiger partial charge is 0.338 e. The summed E-state index contributed by atoms with van der Waals surface area (Å²) in [5.41, 5.74) is 5.39. The molecule has 3 aromatic rings. The third-order valence-corrected chi connectivity index (χ3v) is 4.63. The van der Waals surface area contributed by atoms with E-state index in [1.807, 2.05) is 12.1 Å². The van der Waals surface area contributed by atoms with Crippen molar-refractivity contribution in [3.8, 4) is 11.1 Å². The fraction of sp³-hybridized carbons (Fsp3) is 0.227. The van der Waals surface area contributed by atoms with Crippen LogP contribution in [0.4, 0.5) is 0 Å². The third kappa shape index (κ3) is 5.30. The molecule has 7 heteroatoms. The van der Waals surface area contributed by atoms with Crippen LogP contribution in [0.2, 0.25) is 0 Å². The number of rotatable bonds is 8. The standard InChI is InChI=1S/C22H24N4O3/c1-2-4-16-5-7-17(8-6-16)18-9-11-19(12-10-18)21(27)24-20(22(28)25-29)15-26-14-3-13-23-26/h3,5-14,20,29H,2,4,15H2,1H3,(H,24,27)(H,25,28)/t20-/m0/s1. The molecule has 2 amide bonds. The summed E-state index contributed by atoms with van der Waals surface area (Å²) >= 11 is 0. The molecule has 1 aromatic heterocycles. The molecule has 0 fully saturated rings. The highest BCUT2D eigenvalue weighted by Crippen LogP contribution is 2.21. The molecule has 1 heterocycles. The molecule has 7 nitrogen and oxygen atoms in total. The molecule has 0 bridgehead atoms. The van der Waals surface area contributed by atoms with E-state index in [-0.39, 0.29) is 6.54 Å². The lowest BCUT2D eigenvalue weighted by molar-refractivity contribution is -0.131. The molecule has 2 aromatic carbocycles. The van der Waals surface area contributed by atoms with Crippen molar-refractivity contribution in [2.24, 2.45) is 0 Å². The molecular formula is C22H24N4O3. The van der Waals surface area contributed by atoms with Gasteiger partial charge in [-0.2, -0.15) is 5.10 Å². The van der Waals surface area contributed by atoms with Crippen LogP contribution in [-0.2, 0) is 17.8 Å². The number of benzene rings is 2. The van der Waals surface area contributed by atoms with Crippen LogP contribution in [0.5, 0.6) is 0 Å². The van der Waals surface area contributed by atoms with Gasteiger partial charge < -0.3 is 5.32 Å². The maximum Gasteiger partial charge on any atom is 0.267 e. The van der Waals surface area contributed by atoms with Crippen LogP contribution >= 0.6 is 0 Å². The van der Waals surface area contributed by atoms with Gasteiger partial charge in [0, 0.05) is 18.0 Å². The first-order valence-electron chi connectivity index (χ1n) is 9.52. The summed E-state index contributed by atoms with van der Waals surface area (Å²) in [5.74, 6) is -1.12. The summed E-state index contributed by atoms with van der Waals surface area (Å²) in [5, 5.41) is 15.6. The number of aromatic nitrogens is 2. The fourth-order valence-electron chi connectivity index (χ4n) is 3.08. The number of nitrogens with zero attached hydrogens (tertiary/aromatic N) is 2. The average Bonchev–Trinajstić information content (AvgIpc) is 3.27. The quantitative estimate of drug-likeness (QED) is 0.406. The lowest BCUT2D eigenvalue weighted by Crippen LogP contribution is -2.48. The smallest absolute Gasteiger partial charge is 0.267 e. The summed E-state index contributed by atoms with van der Waals surface area (Å²) in [6.45, 7) is 2.26. The zero-order valence-corrected chi connectivity index (χ0v) is 16.2. The first-order chi connectivity index (χ1) is 14.1. The highest BCUT2D eigenvalue weighted by Gasteiger charge is 2.22. The maximum atomic E-state index is 12.6. The third-order valence-electron chi connectivity index (χ3n) is 4.63. The molecule has 0 saturated heterocycles. The number of hydrogen-bond donors (Lipinski definition) is 3.